The van der Waals surface area contributed by atoms with E-state index in [1.54, 1.807) is 23.2 Å². The number of nitrogens with zero attached hydrogens (tertiary/aromatic N) is 6. The smallest absolute Gasteiger partial charge is 0.256 e. The number of carbonyl (C=O) groups excluding carboxylic acids is 2. The first-order valence-electron chi connectivity index (χ1n) is 12.6. The van der Waals surface area contributed by atoms with Crippen molar-refractivity contribution in [3.8, 4) is 11.3 Å². The highest BCUT2D eigenvalue weighted by Gasteiger charge is 2.28. The predicted octanol–water partition coefficient (Wildman–Crippen LogP) is 4.20. The van der Waals surface area contributed by atoms with Crippen LogP contribution in [0.5, 0.6) is 0 Å². The number of nitrogen functional groups attached to an aromatic ring is 1. The third kappa shape index (κ3) is 4.84. The molecule has 0 radical (unpaired) electrons. The van der Waals surface area contributed by atoms with Gasteiger partial charge in [-0.3, -0.25) is 9.59 Å². The lowest BCUT2D eigenvalue weighted by Gasteiger charge is -2.32. The van der Waals surface area contributed by atoms with E-state index < -0.39 is 0 Å². The van der Waals surface area contributed by atoms with Crippen molar-refractivity contribution in [1.82, 2.24) is 29.6 Å². The summed E-state index contributed by atoms with van der Waals surface area (Å²) in [6.45, 7) is 8.99. The molecule has 0 unspecified atom stereocenters. The quantitative estimate of drug-likeness (QED) is 0.372. The monoisotopic (exact) mass is 510 g/mol. The van der Waals surface area contributed by atoms with Crippen molar-refractivity contribution in [2.75, 3.05) is 24.1 Å². The van der Waals surface area contributed by atoms with Crippen LogP contribution >= 0.6 is 0 Å². The summed E-state index contributed by atoms with van der Waals surface area (Å²) in [6.07, 6.45) is 6.15. The van der Waals surface area contributed by atoms with Crippen LogP contribution in [0.25, 0.3) is 22.3 Å². The van der Waals surface area contributed by atoms with E-state index in [-0.39, 0.29) is 17.9 Å². The number of pyridine rings is 1. The summed E-state index contributed by atoms with van der Waals surface area (Å²) >= 11 is 0. The molecule has 10 nitrogen and oxygen atoms in total. The van der Waals surface area contributed by atoms with E-state index in [1.165, 1.54) is 12.4 Å². The van der Waals surface area contributed by atoms with Gasteiger partial charge < -0.3 is 16.0 Å². The standard InChI is InChI=1S/C28H30N8O2/c1-4-23(37)35-13-5-6-21(15-35)36-27-24(26(29)31-16-32-27)25(34-36)18-7-9-19(10-8-18)28(38)33-22-14-20(17(2)3)11-12-30-22/h4,7-12,14,16-17,21H,1,5-6,13,15H2,2-3H3,(H2,29,31,32)(H,30,33,38)/t21-/m1/s1. The number of likely N-dealkylation sites (tertiary alicyclic amines) is 1. The maximum Gasteiger partial charge on any atom is 0.256 e. The molecule has 10 heteroatoms. The van der Waals surface area contributed by atoms with Gasteiger partial charge in [-0.15, -0.1) is 0 Å². The molecule has 2 amide bonds. The number of aromatic nitrogens is 5. The molecular formula is C28H30N8O2. The molecule has 4 aromatic rings. The van der Waals surface area contributed by atoms with Crippen LogP contribution in [0.4, 0.5) is 11.6 Å². The second kappa shape index (κ2) is 10.4. The van der Waals surface area contributed by atoms with Gasteiger partial charge in [0.15, 0.2) is 5.65 Å². The second-order valence-corrected chi connectivity index (χ2v) is 9.70. The zero-order chi connectivity index (χ0) is 26.8. The fourth-order valence-corrected chi connectivity index (χ4v) is 4.78. The van der Waals surface area contributed by atoms with E-state index in [9.17, 15) is 9.59 Å². The van der Waals surface area contributed by atoms with Crippen LogP contribution < -0.4 is 11.1 Å². The summed E-state index contributed by atoms with van der Waals surface area (Å²) in [4.78, 5) is 39.8. The fourth-order valence-electron chi connectivity index (χ4n) is 4.78. The summed E-state index contributed by atoms with van der Waals surface area (Å²) in [5, 5.41) is 8.40. The number of fused-ring (bicyclic) bond motifs is 1. The zero-order valence-corrected chi connectivity index (χ0v) is 21.5. The van der Waals surface area contributed by atoms with E-state index in [1.807, 2.05) is 28.9 Å². The lowest BCUT2D eigenvalue weighted by atomic mass is 10.0. The number of nitrogens with one attached hydrogen (secondary N) is 1. The van der Waals surface area contributed by atoms with Crippen LogP contribution in [-0.2, 0) is 4.79 Å². The number of amides is 2. The first-order chi connectivity index (χ1) is 18.4. The third-order valence-corrected chi connectivity index (χ3v) is 6.86. The number of piperidine rings is 1. The van der Waals surface area contributed by atoms with E-state index in [0.717, 1.165) is 24.0 Å². The Morgan fingerprint density at radius 2 is 1.95 bits per heavy atom. The Hall–Kier alpha value is -4.60. The molecule has 194 valence electrons. The van der Waals surface area contributed by atoms with Gasteiger partial charge >= 0.3 is 0 Å². The Morgan fingerprint density at radius 3 is 2.68 bits per heavy atom. The molecular weight excluding hydrogens is 480 g/mol. The molecule has 38 heavy (non-hydrogen) atoms. The molecule has 5 rings (SSSR count). The summed E-state index contributed by atoms with van der Waals surface area (Å²) in [5.74, 6) is 0.816. The summed E-state index contributed by atoms with van der Waals surface area (Å²) in [7, 11) is 0. The number of anilines is 2. The van der Waals surface area contributed by atoms with Crippen LogP contribution in [0.3, 0.4) is 0 Å². The second-order valence-electron chi connectivity index (χ2n) is 9.70. The van der Waals surface area contributed by atoms with Gasteiger partial charge in [0.1, 0.15) is 23.7 Å². The molecule has 0 bridgehead atoms. The molecule has 0 saturated carbocycles. The molecule has 1 atom stereocenters. The number of hydrogen-bond donors (Lipinski definition) is 2. The number of nitrogens with two attached hydrogens (primary N) is 1. The number of rotatable bonds is 6. The Balaban J connectivity index is 1.44. The average Bonchev–Trinajstić information content (AvgIpc) is 3.34. The molecule has 1 aliphatic heterocycles. The molecule has 3 aromatic heterocycles. The molecule has 1 aliphatic rings. The van der Waals surface area contributed by atoms with Gasteiger partial charge in [0.25, 0.3) is 5.91 Å². The van der Waals surface area contributed by atoms with Gasteiger partial charge in [-0.1, -0.05) is 32.6 Å². The average molecular weight is 511 g/mol. The maximum atomic E-state index is 12.9. The Bertz CT molecular complexity index is 1510. The summed E-state index contributed by atoms with van der Waals surface area (Å²) in [5.41, 5.74) is 9.89. The van der Waals surface area contributed by atoms with Crippen molar-refractivity contribution in [3.63, 3.8) is 0 Å². The zero-order valence-electron chi connectivity index (χ0n) is 21.5. The number of benzene rings is 1. The first-order valence-corrected chi connectivity index (χ1v) is 12.6. The van der Waals surface area contributed by atoms with Gasteiger partial charge in [-0.25, -0.2) is 19.6 Å². The normalized spacial score (nSPS) is 15.6. The molecule has 1 saturated heterocycles. The molecule has 1 aromatic carbocycles. The number of carbonyl (C=O) groups is 2. The highest BCUT2D eigenvalue weighted by molar-refractivity contribution is 6.04. The number of hydrogen-bond acceptors (Lipinski definition) is 7. The Morgan fingerprint density at radius 1 is 1.16 bits per heavy atom. The van der Waals surface area contributed by atoms with Crippen LogP contribution in [0.15, 0.2) is 61.6 Å². The minimum atomic E-state index is -0.252. The van der Waals surface area contributed by atoms with Crippen molar-refractivity contribution in [2.45, 2.75) is 38.6 Å². The van der Waals surface area contributed by atoms with Gasteiger partial charge in [0.2, 0.25) is 5.91 Å². The molecule has 0 spiro atoms. The minimum Gasteiger partial charge on any atom is -0.383 e. The third-order valence-electron chi connectivity index (χ3n) is 6.86. The molecule has 4 heterocycles. The van der Waals surface area contributed by atoms with Crippen molar-refractivity contribution in [2.24, 2.45) is 0 Å². The largest absolute Gasteiger partial charge is 0.383 e. The van der Waals surface area contributed by atoms with Crippen molar-refractivity contribution >= 4 is 34.5 Å². The van der Waals surface area contributed by atoms with Gasteiger partial charge in [-0.05, 0) is 54.7 Å². The van der Waals surface area contributed by atoms with Crippen LogP contribution in [0, 0.1) is 0 Å². The molecule has 3 N–H and O–H groups in total. The minimum absolute atomic E-state index is 0.0580. The SMILES string of the molecule is C=CC(=O)N1CCC[C@@H](n2nc(-c3ccc(C(=O)Nc4cc(C(C)C)ccn4)cc3)c3c(N)ncnc32)C1. The van der Waals surface area contributed by atoms with Crippen LogP contribution in [-0.4, -0.2) is 54.5 Å². The van der Waals surface area contributed by atoms with E-state index in [0.29, 0.717) is 52.9 Å². The summed E-state index contributed by atoms with van der Waals surface area (Å²) in [6, 6.07) is 10.9. The van der Waals surface area contributed by atoms with Crippen LogP contribution in [0.1, 0.15) is 54.6 Å². The summed E-state index contributed by atoms with van der Waals surface area (Å²) < 4.78 is 1.85. The van der Waals surface area contributed by atoms with Crippen molar-refractivity contribution < 1.29 is 9.59 Å². The van der Waals surface area contributed by atoms with Crippen molar-refractivity contribution in [1.29, 1.82) is 0 Å². The fraction of sp³-hybridized carbons (Fsp3) is 0.286. The van der Waals surface area contributed by atoms with Gasteiger partial charge in [0, 0.05) is 30.4 Å². The van der Waals surface area contributed by atoms with E-state index in [4.69, 9.17) is 10.8 Å². The lowest BCUT2D eigenvalue weighted by Crippen LogP contribution is -2.40. The molecule has 1 fully saturated rings. The highest BCUT2D eigenvalue weighted by atomic mass is 16.2. The lowest BCUT2D eigenvalue weighted by molar-refractivity contribution is -0.127. The molecule has 0 aliphatic carbocycles. The van der Waals surface area contributed by atoms with Crippen LogP contribution in [0.2, 0.25) is 0 Å². The van der Waals surface area contributed by atoms with Crippen molar-refractivity contribution in [3.05, 3.63) is 72.7 Å². The Kier molecular flexibility index (Phi) is 6.87. The van der Waals surface area contributed by atoms with Gasteiger partial charge in [-0.2, -0.15) is 5.10 Å². The van der Waals surface area contributed by atoms with E-state index in [2.05, 4.69) is 40.7 Å². The predicted molar refractivity (Wildman–Crippen MR) is 146 cm³/mol. The topological polar surface area (TPSA) is 132 Å². The van der Waals surface area contributed by atoms with E-state index >= 15 is 0 Å². The van der Waals surface area contributed by atoms with Gasteiger partial charge in [0.05, 0.1) is 11.4 Å². The first kappa shape index (κ1) is 25.1. The maximum absolute atomic E-state index is 12.9. The Labute approximate surface area is 220 Å². The highest BCUT2D eigenvalue weighted by Crippen LogP contribution is 2.34.